The fourth-order valence-electron chi connectivity index (χ4n) is 3.62. The van der Waals surface area contributed by atoms with Gasteiger partial charge in [-0.05, 0) is 55.0 Å². The Labute approximate surface area is 126 Å². The molecule has 0 aromatic heterocycles. The number of nitrogens with zero attached hydrogens (tertiary/aromatic N) is 1. The lowest BCUT2D eigenvalue weighted by Gasteiger charge is -2.13. The number of hydrogen-bond acceptors (Lipinski definition) is 2. The summed E-state index contributed by atoms with van der Waals surface area (Å²) in [5.74, 6) is 0. The van der Waals surface area contributed by atoms with E-state index in [9.17, 15) is 4.91 Å². The predicted molar refractivity (Wildman–Crippen MR) is 93.1 cm³/mol. The van der Waals surface area contributed by atoms with Gasteiger partial charge in [0.1, 0.15) is 5.69 Å². The van der Waals surface area contributed by atoms with Crippen molar-refractivity contribution in [1.29, 1.82) is 0 Å². The molecule has 0 atom stereocenters. The molecule has 0 fully saturated rings. The standard InChI is InChI=1S/C20H11NO/c22-21-18-10-7-12-5-8-16-15-4-2-1-3-13(15)11-14-6-9-17(18)19(12)20(14)16/h1-11H. The first-order chi connectivity index (χ1) is 10.9. The predicted octanol–water partition coefficient (Wildman–Crippen LogP) is 6.14. The quantitative estimate of drug-likeness (QED) is 0.206. The molecule has 0 N–H and O–H groups in total. The van der Waals surface area contributed by atoms with Crippen LogP contribution in [0.5, 0.6) is 0 Å². The monoisotopic (exact) mass is 281 g/mol. The van der Waals surface area contributed by atoms with Crippen LogP contribution in [0.2, 0.25) is 0 Å². The van der Waals surface area contributed by atoms with Crippen molar-refractivity contribution in [2.45, 2.75) is 0 Å². The fraction of sp³-hybridized carbons (Fsp3) is 0. The van der Waals surface area contributed by atoms with Crippen molar-refractivity contribution < 1.29 is 0 Å². The summed E-state index contributed by atoms with van der Waals surface area (Å²) in [7, 11) is 0. The van der Waals surface area contributed by atoms with Gasteiger partial charge in [-0.15, -0.1) is 4.91 Å². The normalized spacial score (nSPS) is 11.8. The maximum absolute atomic E-state index is 11.1. The molecule has 0 unspecified atom stereocenters. The Morgan fingerprint density at radius 2 is 1.32 bits per heavy atom. The molecule has 22 heavy (non-hydrogen) atoms. The zero-order valence-electron chi connectivity index (χ0n) is 11.7. The molecule has 0 aliphatic carbocycles. The minimum Gasteiger partial charge on any atom is -0.145 e. The molecule has 2 heteroatoms. The van der Waals surface area contributed by atoms with Crippen LogP contribution in [0.1, 0.15) is 0 Å². The van der Waals surface area contributed by atoms with Gasteiger partial charge in [0.05, 0.1) is 0 Å². The van der Waals surface area contributed by atoms with Crippen LogP contribution in [0.25, 0.3) is 43.1 Å². The molecule has 0 aliphatic rings. The highest BCUT2D eigenvalue weighted by Crippen LogP contribution is 2.41. The van der Waals surface area contributed by atoms with E-state index in [1.165, 1.54) is 26.9 Å². The summed E-state index contributed by atoms with van der Waals surface area (Å²) in [6.07, 6.45) is 0. The molecule has 5 aromatic carbocycles. The van der Waals surface area contributed by atoms with Crippen LogP contribution >= 0.6 is 0 Å². The first-order valence-corrected chi connectivity index (χ1v) is 7.29. The maximum Gasteiger partial charge on any atom is 0.115 e. The molecule has 0 amide bonds. The Morgan fingerprint density at radius 3 is 2.23 bits per heavy atom. The van der Waals surface area contributed by atoms with Gasteiger partial charge in [-0.3, -0.25) is 0 Å². The van der Waals surface area contributed by atoms with Crippen LogP contribution in [0, 0.1) is 4.91 Å². The fourth-order valence-corrected chi connectivity index (χ4v) is 3.62. The van der Waals surface area contributed by atoms with Crippen LogP contribution in [-0.4, -0.2) is 0 Å². The lowest BCUT2D eigenvalue weighted by Crippen LogP contribution is -1.85. The van der Waals surface area contributed by atoms with Crippen molar-refractivity contribution in [3.63, 3.8) is 0 Å². The van der Waals surface area contributed by atoms with Crippen LogP contribution in [0.15, 0.2) is 71.9 Å². The molecule has 0 saturated carbocycles. The molecule has 0 aliphatic heterocycles. The number of nitroso groups, excluding NO2 is 1. The van der Waals surface area contributed by atoms with Crippen molar-refractivity contribution in [2.24, 2.45) is 5.18 Å². The van der Waals surface area contributed by atoms with Crippen LogP contribution in [0.4, 0.5) is 5.69 Å². The van der Waals surface area contributed by atoms with Gasteiger partial charge in [-0.25, -0.2) is 0 Å². The average Bonchev–Trinajstić information content (AvgIpc) is 2.58. The Hall–Kier alpha value is -3.00. The number of fused-ring (bicyclic) bond motifs is 2. The van der Waals surface area contributed by atoms with Gasteiger partial charge in [-0.1, -0.05) is 54.6 Å². The number of rotatable bonds is 1. The third-order valence-electron chi connectivity index (χ3n) is 4.58. The van der Waals surface area contributed by atoms with Gasteiger partial charge in [0.15, 0.2) is 0 Å². The summed E-state index contributed by atoms with van der Waals surface area (Å²) in [4.78, 5) is 11.1. The Morgan fingerprint density at radius 1 is 0.591 bits per heavy atom. The van der Waals surface area contributed by atoms with Crippen molar-refractivity contribution in [2.75, 3.05) is 0 Å². The van der Waals surface area contributed by atoms with Crippen LogP contribution in [0.3, 0.4) is 0 Å². The van der Waals surface area contributed by atoms with E-state index in [4.69, 9.17) is 0 Å². The second-order valence-corrected chi connectivity index (χ2v) is 5.70. The highest BCUT2D eigenvalue weighted by atomic mass is 16.3. The van der Waals surface area contributed by atoms with Crippen molar-refractivity contribution >= 4 is 48.8 Å². The molecule has 0 saturated heterocycles. The van der Waals surface area contributed by atoms with Gasteiger partial charge in [0.2, 0.25) is 0 Å². The van der Waals surface area contributed by atoms with Crippen LogP contribution in [-0.2, 0) is 0 Å². The van der Waals surface area contributed by atoms with Crippen molar-refractivity contribution in [3.05, 3.63) is 71.6 Å². The SMILES string of the molecule is O=Nc1ccc2ccc3c4ccccc4cc4ccc1c2c43. The summed E-state index contributed by atoms with van der Waals surface area (Å²) in [6, 6.07) is 22.8. The van der Waals surface area contributed by atoms with E-state index in [1.807, 2.05) is 12.1 Å². The summed E-state index contributed by atoms with van der Waals surface area (Å²) in [6.45, 7) is 0. The maximum atomic E-state index is 11.1. The number of hydrogen-bond donors (Lipinski definition) is 0. The Bertz CT molecular complexity index is 1190. The Kier molecular flexibility index (Phi) is 2.12. The van der Waals surface area contributed by atoms with Crippen molar-refractivity contribution in [3.8, 4) is 0 Å². The summed E-state index contributed by atoms with van der Waals surface area (Å²) in [5.41, 5.74) is 0.509. The van der Waals surface area contributed by atoms with E-state index in [2.05, 4.69) is 53.7 Å². The summed E-state index contributed by atoms with van der Waals surface area (Å²) in [5, 5.41) is 12.5. The van der Waals surface area contributed by atoms with Gasteiger partial charge in [-0.2, -0.15) is 0 Å². The minimum absolute atomic E-state index is 0.509. The summed E-state index contributed by atoms with van der Waals surface area (Å²) < 4.78 is 0. The smallest absolute Gasteiger partial charge is 0.115 e. The van der Waals surface area contributed by atoms with Gasteiger partial charge in [0.25, 0.3) is 0 Å². The van der Waals surface area contributed by atoms with Gasteiger partial charge in [0, 0.05) is 5.39 Å². The van der Waals surface area contributed by atoms with Gasteiger partial charge < -0.3 is 0 Å². The molecule has 0 bridgehead atoms. The van der Waals surface area contributed by atoms with Crippen molar-refractivity contribution in [1.82, 2.24) is 0 Å². The topological polar surface area (TPSA) is 29.4 Å². The van der Waals surface area contributed by atoms with E-state index in [-0.39, 0.29) is 0 Å². The third-order valence-corrected chi connectivity index (χ3v) is 4.58. The highest BCUT2D eigenvalue weighted by molar-refractivity contribution is 6.30. The Balaban J connectivity index is 2.18. The largest absolute Gasteiger partial charge is 0.145 e. The minimum atomic E-state index is 0.509. The molecule has 102 valence electrons. The van der Waals surface area contributed by atoms with E-state index >= 15 is 0 Å². The second kappa shape index (κ2) is 4.01. The zero-order chi connectivity index (χ0) is 14.7. The van der Waals surface area contributed by atoms with E-state index in [0.717, 1.165) is 16.2 Å². The first kappa shape index (κ1) is 11.6. The molecule has 5 aromatic rings. The number of benzene rings is 5. The molecule has 0 spiro atoms. The van der Waals surface area contributed by atoms with Crippen LogP contribution < -0.4 is 0 Å². The molecule has 2 nitrogen and oxygen atoms in total. The van der Waals surface area contributed by atoms with E-state index in [1.54, 1.807) is 6.07 Å². The molecule has 0 radical (unpaired) electrons. The summed E-state index contributed by atoms with van der Waals surface area (Å²) >= 11 is 0. The van der Waals surface area contributed by atoms with E-state index in [0.29, 0.717) is 5.69 Å². The zero-order valence-corrected chi connectivity index (χ0v) is 11.7. The lowest BCUT2D eigenvalue weighted by molar-refractivity contribution is 1.55. The van der Waals surface area contributed by atoms with E-state index < -0.39 is 0 Å². The third kappa shape index (κ3) is 1.34. The molecule has 0 heterocycles. The second-order valence-electron chi connectivity index (χ2n) is 5.70. The lowest BCUT2D eigenvalue weighted by atomic mass is 9.90. The highest BCUT2D eigenvalue weighted by Gasteiger charge is 2.12. The first-order valence-electron chi connectivity index (χ1n) is 7.29. The molecular formula is C20H11NO. The van der Waals surface area contributed by atoms with Gasteiger partial charge >= 0.3 is 0 Å². The molecular weight excluding hydrogens is 270 g/mol. The molecule has 5 rings (SSSR count). The average molecular weight is 281 g/mol.